The molecular weight excluding hydrogens is 298 g/mol. The molecule has 0 aromatic carbocycles. The second-order valence-corrected chi connectivity index (χ2v) is 6.91. The highest BCUT2D eigenvalue weighted by Gasteiger charge is 2.24. The summed E-state index contributed by atoms with van der Waals surface area (Å²) in [7, 11) is -3.73. The first kappa shape index (κ1) is 15.6. The number of hydrogen-bond donors (Lipinski definition) is 2. The van der Waals surface area contributed by atoms with Gasteiger partial charge < -0.3 is 5.11 Å². The number of halogens is 1. The minimum atomic E-state index is -3.73. The van der Waals surface area contributed by atoms with Gasteiger partial charge in [-0.25, -0.2) is 23.1 Å². The van der Waals surface area contributed by atoms with Crippen LogP contribution in [0.25, 0.3) is 0 Å². The zero-order chi connectivity index (χ0) is 13.8. The van der Waals surface area contributed by atoms with E-state index in [-0.39, 0.29) is 16.7 Å². The van der Waals surface area contributed by atoms with Gasteiger partial charge in [-0.15, -0.1) is 0 Å². The van der Waals surface area contributed by atoms with E-state index in [4.69, 9.17) is 11.6 Å². The number of rotatable bonds is 6. The maximum Gasteiger partial charge on any atom is 0.243 e. The number of aliphatic hydroxyl groups is 1. The van der Waals surface area contributed by atoms with E-state index in [1.54, 1.807) is 6.92 Å². The summed E-state index contributed by atoms with van der Waals surface area (Å²) in [6.07, 6.45) is 4.05. The largest absolute Gasteiger partial charge is 0.388 e. The first-order chi connectivity index (χ1) is 8.27. The molecule has 1 unspecified atom stereocenters. The van der Waals surface area contributed by atoms with Gasteiger partial charge in [-0.05, 0) is 24.8 Å². The van der Waals surface area contributed by atoms with Crippen LogP contribution >= 0.6 is 23.4 Å². The molecule has 1 heterocycles. The van der Waals surface area contributed by atoms with Crippen LogP contribution in [-0.4, -0.2) is 47.6 Å². The van der Waals surface area contributed by atoms with Crippen molar-refractivity contribution in [2.24, 2.45) is 0 Å². The van der Waals surface area contributed by atoms with E-state index >= 15 is 0 Å². The van der Waals surface area contributed by atoms with Gasteiger partial charge in [0.1, 0.15) is 4.90 Å². The molecule has 9 heteroatoms. The molecule has 0 aliphatic carbocycles. The van der Waals surface area contributed by atoms with Crippen LogP contribution in [0.5, 0.6) is 0 Å². The minimum Gasteiger partial charge on any atom is -0.388 e. The van der Waals surface area contributed by atoms with Gasteiger partial charge in [0.25, 0.3) is 0 Å². The van der Waals surface area contributed by atoms with Gasteiger partial charge in [0, 0.05) is 12.3 Å². The van der Waals surface area contributed by atoms with Crippen molar-refractivity contribution in [2.45, 2.75) is 17.4 Å². The molecule has 102 valence electrons. The summed E-state index contributed by atoms with van der Waals surface area (Å²) in [6.45, 7) is 1.48. The Kier molecular flexibility index (Phi) is 5.35. The molecule has 0 bridgehead atoms. The Morgan fingerprint density at radius 1 is 1.50 bits per heavy atom. The van der Waals surface area contributed by atoms with E-state index in [1.165, 1.54) is 11.8 Å². The number of nitrogens with zero attached hydrogens (tertiary/aromatic N) is 2. The van der Waals surface area contributed by atoms with Crippen molar-refractivity contribution in [1.82, 2.24) is 14.7 Å². The molecule has 0 aliphatic rings. The maximum atomic E-state index is 11.8. The van der Waals surface area contributed by atoms with Gasteiger partial charge in [-0.1, -0.05) is 0 Å². The molecule has 1 aromatic rings. The van der Waals surface area contributed by atoms with Crippen LogP contribution < -0.4 is 4.72 Å². The Morgan fingerprint density at radius 3 is 2.56 bits per heavy atom. The molecular formula is C9H14ClN3O3S2. The second-order valence-electron chi connectivity index (χ2n) is 3.94. The monoisotopic (exact) mass is 311 g/mol. The standard InChI is InChI=1S/C9H14ClN3O3S2/c1-9(14,6-17-2)5-13-18(15,16)7-3-11-8(10)12-4-7/h3-4,13-14H,5-6H2,1-2H3. The lowest BCUT2D eigenvalue weighted by Crippen LogP contribution is -2.42. The van der Waals surface area contributed by atoms with E-state index in [2.05, 4.69) is 14.7 Å². The fraction of sp³-hybridized carbons (Fsp3) is 0.556. The first-order valence-electron chi connectivity index (χ1n) is 4.95. The van der Waals surface area contributed by atoms with E-state index in [9.17, 15) is 13.5 Å². The van der Waals surface area contributed by atoms with Gasteiger partial charge in [-0.2, -0.15) is 11.8 Å². The summed E-state index contributed by atoms with van der Waals surface area (Å²) in [5.74, 6) is 0.423. The number of hydrogen-bond acceptors (Lipinski definition) is 6. The van der Waals surface area contributed by atoms with E-state index in [1.807, 2.05) is 6.26 Å². The second kappa shape index (κ2) is 6.16. The Bertz CT molecular complexity index is 490. The average Bonchev–Trinajstić information content (AvgIpc) is 2.27. The van der Waals surface area contributed by atoms with Crippen molar-refractivity contribution in [3.8, 4) is 0 Å². The van der Waals surface area contributed by atoms with Gasteiger partial charge in [0.2, 0.25) is 15.3 Å². The summed E-state index contributed by atoms with van der Waals surface area (Å²) >= 11 is 6.90. The topological polar surface area (TPSA) is 92.2 Å². The molecule has 0 aliphatic heterocycles. The Balaban J connectivity index is 2.74. The normalized spacial score (nSPS) is 15.3. The van der Waals surface area contributed by atoms with Crippen molar-refractivity contribution >= 4 is 33.4 Å². The van der Waals surface area contributed by atoms with Crippen molar-refractivity contribution < 1.29 is 13.5 Å². The third kappa shape index (κ3) is 4.69. The van der Waals surface area contributed by atoms with Gasteiger partial charge >= 0.3 is 0 Å². The zero-order valence-electron chi connectivity index (χ0n) is 9.92. The molecule has 0 saturated heterocycles. The van der Waals surface area contributed by atoms with Crippen LogP contribution in [0.2, 0.25) is 5.28 Å². The fourth-order valence-corrected chi connectivity index (χ4v) is 3.01. The lowest BCUT2D eigenvalue weighted by Gasteiger charge is -2.22. The molecule has 0 radical (unpaired) electrons. The minimum absolute atomic E-state index is 0.0247. The molecule has 1 aromatic heterocycles. The highest BCUT2D eigenvalue weighted by molar-refractivity contribution is 7.98. The third-order valence-electron chi connectivity index (χ3n) is 2.01. The average molecular weight is 312 g/mol. The quantitative estimate of drug-likeness (QED) is 0.744. The molecule has 0 amide bonds. The van der Waals surface area contributed by atoms with Crippen LogP contribution in [0.15, 0.2) is 17.3 Å². The van der Waals surface area contributed by atoms with Crippen molar-refractivity contribution in [3.05, 3.63) is 17.7 Å². The first-order valence-corrected chi connectivity index (χ1v) is 8.21. The highest BCUT2D eigenvalue weighted by Crippen LogP contribution is 2.12. The molecule has 0 spiro atoms. The Morgan fingerprint density at radius 2 is 2.06 bits per heavy atom. The summed E-state index contributed by atoms with van der Waals surface area (Å²) in [4.78, 5) is 7.10. The molecule has 18 heavy (non-hydrogen) atoms. The molecule has 1 atom stereocenters. The summed E-state index contributed by atoms with van der Waals surface area (Å²) in [6, 6.07) is 0. The molecule has 0 saturated carbocycles. The SMILES string of the molecule is CSCC(C)(O)CNS(=O)(=O)c1cnc(Cl)nc1. The molecule has 6 nitrogen and oxygen atoms in total. The van der Waals surface area contributed by atoms with E-state index < -0.39 is 15.6 Å². The van der Waals surface area contributed by atoms with Gasteiger partial charge in [0.05, 0.1) is 18.0 Å². The Hall–Kier alpha value is -0.410. The smallest absolute Gasteiger partial charge is 0.243 e. The lowest BCUT2D eigenvalue weighted by molar-refractivity contribution is 0.0908. The predicted molar refractivity (Wildman–Crippen MR) is 71.2 cm³/mol. The van der Waals surface area contributed by atoms with Crippen LogP contribution in [0, 0.1) is 0 Å². The predicted octanol–water partition coefficient (Wildman–Crippen LogP) is 0.522. The zero-order valence-corrected chi connectivity index (χ0v) is 12.3. The fourth-order valence-electron chi connectivity index (χ4n) is 1.14. The number of thioether (sulfide) groups is 1. The van der Waals surface area contributed by atoms with Crippen LogP contribution in [-0.2, 0) is 10.0 Å². The maximum absolute atomic E-state index is 11.8. The van der Waals surface area contributed by atoms with Crippen molar-refractivity contribution in [3.63, 3.8) is 0 Å². The summed E-state index contributed by atoms with van der Waals surface area (Å²) < 4.78 is 26.0. The van der Waals surface area contributed by atoms with Gasteiger partial charge in [-0.3, -0.25) is 0 Å². The lowest BCUT2D eigenvalue weighted by atomic mass is 10.1. The third-order valence-corrected chi connectivity index (χ3v) is 4.47. The highest BCUT2D eigenvalue weighted by atomic mass is 35.5. The molecule has 2 N–H and O–H groups in total. The summed E-state index contributed by atoms with van der Waals surface area (Å²) in [5, 5.41) is 9.84. The Labute approximate surface area is 115 Å². The van der Waals surface area contributed by atoms with Crippen molar-refractivity contribution in [2.75, 3.05) is 18.6 Å². The van der Waals surface area contributed by atoms with Crippen LogP contribution in [0.4, 0.5) is 0 Å². The summed E-state index contributed by atoms with van der Waals surface area (Å²) in [5.41, 5.74) is -1.11. The molecule has 1 rings (SSSR count). The van der Waals surface area contributed by atoms with Crippen LogP contribution in [0.3, 0.4) is 0 Å². The van der Waals surface area contributed by atoms with Crippen LogP contribution in [0.1, 0.15) is 6.92 Å². The van der Waals surface area contributed by atoms with Crippen molar-refractivity contribution in [1.29, 1.82) is 0 Å². The number of sulfonamides is 1. The molecule has 0 fully saturated rings. The number of nitrogens with one attached hydrogen (secondary N) is 1. The van der Waals surface area contributed by atoms with E-state index in [0.29, 0.717) is 5.75 Å². The van der Waals surface area contributed by atoms with Gasteiger partial charge in [0.15, 0.2) is 0 Å². The number of aromatic nitrogens is 2. The van der Waals surface area contributed by atoms with E-state index in [0.717, 1.165) is 12.4 Å².